The van der Waals surface area contributed by atoms with Crippen LogP contribution in [0.3, 0.4) is 0 Å². The number of ether oxygens (including phenoxy) is 1. The second-order valence-electron chi connectivity index (χ2n) is 12.1. The summed E-state index contributed by atoms with van der Waals surface area (Å²) in [5.74, 6) is 1.13. The molecule has 0 saturated carbocycles. The van der Waals surface area contributed by atoms with Crippen molar-refractivity contribution < 1.29 is 18.9 Å². The van der Waals surface area contributed by atoms with Crippen LogP contribution in [-0.4, -0.2) is 80.0 Å². The van der Waals surface area contributed by atoms with Crippen LogP contribution in [0.5, 0.6) is 5.75 Å². The molecule has 0 unspecified atom stereocenters. The van der Waals surface area contributed by atoms with E-state index in [1.54, 1.807) is 25.3 Å². The SMILES string of the molecule is COc1cc(N2CCN(Cc3cccc(N4CCC(=O)NC4=O)c3)CC2)ccc1Nc1ncc(Cl)c(Nc2ccccc2P(C)(C)=O)n1. The quantitative estimate of drug-likeness (QED) is 0.180. The van der Waals surface area contributed by atoms with E-state index in [0.29, 0.717) is 52.2 Å². The van der Waals surface area contributed by atoms with Crippen molar-refractivity contribution in [1.82, 2.24) is 20.2 Å². The summed E-state index contributed by atoms with van der Waals surface area (Å²) in [4.78, 5) is 39.1. The van der Waals surface area contributed by atoms with Gasteiger partial charge in [-0.2, -0.15) is 4.98 Å². The van der Waals surface area contributed by atoms with E-state index < -0.39 is 7.14 Å². The van der Waals surface area contributed by atoms with Crippen molar-refractivity contribution in [2.24, 2.45) is 0 Å². The summed E-state index contributed by atoms with van der Waals surface area (Å²) in [6.07, 6.45) is 1.81. The number of amides is 3. The Morgan fingerprint density at radius 2 is 1.71 bits per heavy atom. The summed E-state index contributed by atoms with van der Waals surface area (Å²) in [5.41, 5.74) is 4.34. The number of hydrogen-bond donors (Lipinski definition) is 3. The second-order valence-corrected chi connectivity index (χ2v) is 15.7. The second kappa shape index (κ2) is 14.2. The highest BCUT2D eigenvalue weighted by atomic mass is 35.5. The minimum atomic E-state index is -2.54. The molecule has 2 aliphatic heterocycles. The van der Waals surface area contributed by atoms with Gasteiger partial charge >= 0.3 is 6.03 Å². The van der Waals surface area contributed by atoms with E-state index in [1.807, 2.05) is 60.7 Å². The van der Waals surface area contributed by atoms with Crippen LogP contribution in [0.25, 0.3) is 0 Å². The molecular weight excluding hydrogens is 651 g/mol. The molecule has 3 heterocycles. The summed E-state index contributed by atoms with van der Waals surface area (Å²) in [5, 5.41) is 9.91. The van der Waals surface area contributed by atoms with Gasteiger partial charge in [0.1, 0.15) is 17.9 Å². The molecule has 6 rings (SSSR count). The monoisotopic (exact) mass is 688 g/mol. The summed E-state index contributed by atoms with van der Waals surface area (Å²) in [6, 6.07) is 21.0. The molecule has 1 aromatic heterocycles. The summed E-state index contributed by atoms with van der Waals surface area (Å²) < 4.78 is 18.6. The predicted octanol–water partition coefficient (Wildman–Crippen LogP) is 5.64. The summed E-state index contributed by atoms with van der Waals surface area (Å²) >= 11 is 6.44. The largest absolute Gasteiger partial charge is 0.494 e. The third-order valence-electron chi connectivity index (χ3n) is 8.33. The molecule has 0 atom stereocenters. The Kier molecular flexibility index (Phi) is 9.86. The number of hydrogen-bond acceptors (Lipinski definition) is 10. The number of carbonyl (C=O) groups excluding carboxylic acids is 2. The van der Waals surface area contributed by atoms with Crippen molar-refractivity contribution in [2.45, 2.75) is 13.0 Å². The number of urea groups is 1. The number of nitrogens with one attached hydrogen (secondary N) is 3. The van der Waals surface area contributed by atoms with Gasteiger partial charge < -0.3 is 24.8 Å². The zero-order chi connectivity index (χ0) is 33.8. The lowest BCUT2D eigenvalue weighted by Gasteiger charge is -2.36. The lowest BCUT2D eigenvalue weighted by molar-refractivity contribution is -0.120. The van der Waals surface area contributed by atoms with Gasteiger partial charge in [0, 0.05) is 68.4 Å². The van der Waals surface area contributed by atoms with Gasteiger partial charge in [-0.3, -0.25) is 19.9 Å². The molecule has 0 bridgehead atoms. The number of benzene rings is 3. The highest BCUT2D eigenvalue weighted by Gasteiger charge is 2.25. The van der Waals surface area contributed by atoms with Crippen molar-refractivity contribution in [3.63, 3.8) is 0 Å². The van der Waals surface area contributed by atoms with Gasteiger partial charge in [-0.05, 0) is 55.3 Å². The first-order valence-corrected chi connectivity index (χ1v) is 18.6. The molecule has 4 aromatic rings. The molecule has 48 heavy (non-hydrogen) atoms. The van der Waals surface area contributed by atoms with Gasteiger partial charge in [-0.25, -0.2) is 9.78 Å². The Bertz CT molecular complexity index is 1880. The summed E-state index contributed by atoms with van der Waals surface area (Å²) in [7, 11) is -0.915. The van der Waals surface area contributed by atoms with E-state index in [0.717, 1.165) is 49.7 Å². The van der Waals surface area contributed by atoms with E-state index in [4.69, 9.17) is 16.3 Å². The van der Waals surface area contributed by atoms with Gasteiger partial charge in [0.05, 0.1) is 24.7 Å². The minimum absolute atomic E-state index is 0.239. The lowest BCUT2D eigenvalue weighted by atomic mass is 10.1. The van der Waals surface area contributed by atoms with Gasteiger partial charge in [0.25, 0.3) is 0 Å². The van der Waals surface area contributed by atoms with Crippen LogP contribution >= 0.6 is 18.7 Å². The topological polar surface area (TPSA) is 132 Å². The first-order chi connectivity index (χ1) is 23.1. The van der Waals surface area contributed by atoms with Crippen LogP contribution in [0.15, 0.2) is 72.9 Å². The molecule has 0 spiro atoms. The van der Waals surface area contributed by atoms with Crippen LogP contribution in [0, 0.1) is 0 Å². The molecule has 3 aromatic carbocycles. The highest BCUT2D eigenvalue weighted by Crippen LogP contribution is 2.39. The normalized spacial score (nSPS) is 15.7. The molecular formula is C34H38ClN8O4P. The molecule has 14 heteroatoms. The fourth-order valence-corrected chi connectivity index (χ4v) is 7.14. The van der Waals surface area contributed by atoms with Crippen LogP contribution in [-0.2, 0) is 15.9 Å². The standard InChI is InChI=1S/C34H38ClN8O4P/c1-47-29-20-24(42-17-15-41(16-18-42)22-23-7-6-8-25(19-23)43-14-13-31(44)39-34(43)45)11-12-27(29)38-33-36-21-26(35)32(40-33)37-28-9-4-5-10-30(28)48(2,3)46/h4-12,19-21H,13-18,22H2,1-3H3,(H,39,44,45)(H2,36,37,38,40). The molecule has 2 fully saturated rings. The number of imide groups is 1. The average molecular weight is 689 g/mol. The van der Waals surface area contributed by atoms with Crippen LogP contribution in [0.1, 0.15) is 12.0 Å². The highest BCUT2D eigenvalue weighted by molar-refractivity contribution is 7.70. The Hall–Kier alpha value is -4.64. The molecule has 250 valence electrons. The molecule has 3 N–H and O–H groups in total. The molecule has 0 radical (unpaired) electrons. The number of aromatic nitrogens is 2. The Balaban J connectivity index is 1.09. The van der Waals surface area contributed by atoms with E-state index in [-0.39, 0.29) is 11.9 Å². The van der Waals surface area contributed by atoms with Crippen LogP contribution in [0.2, 0.25) is 5.02 Å². The average Bonchev–Trinajstić information content (AvgIpc) is 3.07. The number of carbonyl (C=O) groups is 2. The zero-order valence-electron chi connectivity index (χ0n) is 27.1. The zero-order valence-corrected chi connectivity index (χ0v) is 28.7. The predicted molar refractivity (Wildman–Crippen MR) is 192 cm³/mol. The number of nitrogens with zero attached hydrogens (tertiary/aromatic N) is 5. The lowest BCUT2D eigenvalue weighted by Crippen LogP contribution is -2.49. The van der Waals surface area contributed by atoms with Gasteiger partial charge in [-0.15, -0.1) is 0 Å². The molecule has 12 nitrogen and oxygen atoms in total. The number of rotatable bonds is 10. The van der Waals surface area contributed by atoms with E-state index >= 15 is 0 Å². The number of anilines is 6. The third-order valence-corrected chi connectivity index (χ3v) is 10.2. The fraction of sp³-hybridized carbons (Fsp3) is 0.294. The minimum Gasteiger partial charge on any atom is -0.494 e. The number of piperazine rings is 1. The first kappa shape index (κ1) is 33.3. The molecule has 3 amide bonds. The van der Waals surface area contributed by atoms with Crippen molar-refractivity contribution in [3.8, 4) is 5.75 Å². The number of methoxy groups -OCH3 is 1. The van der Waals surface area contributed by atoms with Gasteiger partial charge in [0.15, 0.2) is 5.82 Å². The Labute approximate surface area is 284 Å². The maximum absolute atomic E-state index is 12.8. The molecule has 0 aliphatic carbocycles. The maximum atomic E-state index is 12.8. The molecule has 2 saturated heterocycles. The third kappa shape index (κ3) is 7.73. The number of halogens is 1. The van der Waals surface area contributed by atoms with E-state index in [2.05, 4.69) is 41.8 Å². The van der Waals surface area contributed by atoms with Crippen molar-refractivity contribution in [1.29, 1.82) is 0 Å². The van der Waals surface area contributed by atoms with Crippen molar-refractivity contribution >= 4 is 70.5 Å². The number of para-hydroxylation sites is 1. The first-order valence-electron chi connectivity index (χ1n) is 15.6. The van der Waals surface area contributed by atoms with Crippen LogP contribution < -0.4 is 35.8 Å². The maximum Gasteiger partial charge on any atom is 0.328 e. The van der Waals surface area contributed by atoms with Crippen LogP contribution in [0.4, 0.5) is 39.3 Å². The Morgan fingerprint density at radius 3 is 2.46 bits per heavy atom. The van der Waals surface area contributed by atoms with Crippen molar-refractivity contribution in [3.05, 3.63) is 83.5 Å². The van der Waals surface area contributed by atoms with E-state index in [1.165, 1.54) is 6.20 Å². The smallest absolute Gasteiger partial charge is 0.328 e. The molecule has 2 aliphatic rings. The van der Waals surface area contributed by atoms with Crippen molar-refractivity contribution in [2.75, 3.05) is 73.6 Å². The fourth-order valence-electron chi connectivity index (χ4n) is 5.85. The van der Waals surface area contributed by atoms with E-state index in [9.17, 15) is 14.2 Å². The van der Waals surface area contributed by atoms with Gasteiger partial charge in [0.2, 0.25) is 11.9 Å². The summed E-state index contributed by atoms with van der Waals surface area (Å²) in [6.45, 7) is 8.02. The van der Waals surface area contributed by atoms with Gasteiger partial charge in [-0.1, -0.05) is 35.9 Å². The Morgan fingerprint density at radius 1 is 0.917 bits per heavy atom.